The van der Waals surface area contributed by atoms with Crippen molar-refractivity contribution in [1.29, 1.82) is 0 Å². The Morgan fingerprint density at radius 2 is 2.05 bits per heavy atom. The fourth-order valence-electron chi connectivity index (χ4n) is 2.44. The first kappa shape index (κ1) is 16.7. The first-order valence-electron chi connectivity index (χ1n) is 7.41. The number of aromatic nitrogens is 2. The Kier molecular flexibility index (Phi) is 5.40. The van der Waals surface area contributed by atoms with Crippen molar-refractivity contribution >= 4 is 21.8 Å². The van der Waals surface area contributed by atoms with Crippen molar-refractivity contribution in [2.45, 2.75) is 40.5 Å². The third-order valence-corrected chi connectivity index (χ3v) is 4.56. The standard InChI is InChI=1S/C17H21BrN2O2/c1-5-6-15-12(3)19-20(13(15)4)17(21)10-22-14-7-8-16(18)11(2)9-14/h7-9H,5-6,10H2,1-4H3. The number of carbonyl (C=O) groups is 1. The zero-order valence-corrected chi connectivity index (χ0v) is 15.0. The molecule has 22 heavy (non-hydrogen) atoms. The summed E-state index contributed by atoms with van der Waals surface area (Å²) in [4.78, 5) is 12.3. The zero-order valence-electron chi connectivity index (χ0n) is 13.4. The topological polar surface area (TPSA) is 44.1 Å². The average Bonchev–Trinajstić information content (AvgIpc) is 2.77. The van der Waals surface area contributed by atoms with E-state index >= 15 is 0 Å². The molecule has 0 atom stereocenters. The highest BCUT2D eigenvalue weighted by atomic mass is 79.9. The molecule has 0 aliphatic heterocycles. The van der Waals surface area contributed by atoms with Gasteiger partial charge in [0, 0.05) is 10.2 Å². The van der Waals surface area contributed by atoms with Gasteiger partial charge in [-0.3, -0.25) is 4.79 Å². The van der Waals surface area contributed by atoms with Crippen LogP contribution in [-0.2, 0) is 6.42 Å². The van der Waals surface area contributed by atoms with Crippen molar-refractivity contribution in [1.82, 2.24) is 9.78 Å². The van der Waals surface area contributed by atoms with E-state index in [2.05, 4.69) is 28.0 Å². The monoisotopic (exact) mass is 364 g/mol. The minimum absolute atomic E-state index is 0.0192. The highest BCUT2D eigenvalue weighted by Gasteiger charge is 2.16. The molecule has 0 fully saturated rings. The molecule has 0 amide bonds. The first-order valence-corrected chi connectivity index (χ1v) is 8.20. The van der Waals surface area contributed by atoms with Gasteiger partial charge >= 0.3 is 0 Å². The van der Waals surface area contributed by atoms with Crippen LogP contribution in [0.25, 0.3) is 0 Å². The van der Waals surface area contributed by atoms with Gasteiger partial charge in [0.25, 0.3) is 5.91 Å². The molecule has 5 heteroatoms. The van der Waals surface area contributed by atoms with Crippen molar-refractivity contribution in [3.8, 4) is 5.75 Å². The lowest BCUT2D eigenvalue weighted by Crippen LogP contribution is -2.21. The summed E-state index contributed by atoms with van der Waals surface area (Å²) in [6.45, 7) is 7.97. The zero-order chi connectivity index (χ0) is 16.3. The van der Waals surface area contributed by atoms with E-state index in [9.17, 15) is 4.79 Å². The van der Waals surface area contributed by atoms with Gasteiger partial charge in [-0.15, -0.1) is 0 Å². The van der Waals surface area contributed by atoms with Gasteiger partial charge in [-0.2, -0.15) is 5.10 Å². The molecule has 0 unspecified atom stereocenters. The summed E-state index contributed by atoms with van der Waals surface area (Å²) in [5, 5.41) is 4.35. The first-order chi connectivity index (χ1) is 10.4. The van der Waals surface area contributed by atoms with Crippen molar-refractivity contribution in [3.63, 3.8) is 0 Å². The number of halogens is 1. The predicted molar refractivity (Wildman–Crippen MR) is 90.7 cm³/mol. The molecular formula is C17H21BrN2O2. The van der Waals surface area contributed by atoms with Crippen LogP contribution in [0.2, 0.25) is 0 Å². The highest BCUT2D eigenvalue weighted by Crippen LogP contribution is 2.21. The number of rotatable bonds is 5. The maximum Gasteiger partial charge on any atom is 0.284 e. The van der Waals surface area contributed by atoms with E-state index in [0.29, 0.717) is 5.75 Å². The molecule has 0 saturated carbocycles. The molecular weight excluding hydrogens is 344 g/mol. The van der Waals surface area contributed by atoms with Crippen LogP contribution in [0.3, 0.4) is 0 Å². The van der Waals surface area contributed by atoms with Gasteiger partial charge in [0.15, 0.2) is 6.61 Å². The van der Waals surface area contributed by atoms with Gasteiger partial charge in [0.2, 0.25) is 0 Å². The number of hydrogen-bond donors (Lipinski definition) is 0. The Morgan fingerprint density at radius 3 is 2.68 bits per heavy atom. The number of nitrogens with zero attached hydrogens (tertiary/aromatic N) is 2. The van der Waals surface area contributed by atoms with Crippen molar-refractivity contribution in [2.75, 3.05) is 6.61 Å². The van der Waals surface area contributed by atoms with Crippen LogP contribution < -0.4 is 4.74 Å². The van der Waals surface area contributed by atoms with Crippen LogP contribution in [-0.4, -0.2) is 22.3 Å². The maximum absolute atomic E-state index is 12.3. The normalized spacial score (nSPS) is 10.8. The van der Waals surface area contributed by atoms with Crippen LogP contribution >= 0.6 is 15.9 Å². The quantitative estimate of drug-likeness (QED) is 0.796. The average molecular weight is 365 g/mol. The van der Waals surface area contributed by atoms with Gasteiger partial charge < -0.3 is 4.74 Å². The lowest BCUT2D eigenvalue weighted by molar-refractivity contribution is 0.0818. The van der Waals surface area contributed by atoms with E-state index in [1.807, 2.05) is 39.0 Å². The minimum atomic E-state index is -0.150. The lowest BCUT2D eigenvalue weighted by Gasteiger charge is -2.08. The molecule has 0 N–H and O–H groups in total. The second-order valence-electron chi connectivity index (χ2n) is 5.40. The van der Waals surface area contributed by atoms with E-state index in [1.165, 1.54) is 4.68 Å². The summed E-state index contributed by atoms with van der Waals surface area (Å²) < 4.78 is 8.08. The number of carbonyl (C=O) groups excluding carboxylic acids is 1. The number of ether oxygens (including phenoxy) is 1. The van der Waals surface area contributed by atoms with E-state index in [0.717, 1.165) is 39.8 Å². The van der Waals surface area contributed by atoms with Crippen molar-refractivity contribution in [3.05, 3.63) is 45.2 Å². The van der Waals surface area contributed by atoms with E-state index in [4.69, 9.17) is 4.74 Å². The Labute approximate surface area is 139 Å². The molecule has 0 spiro atoms. The molecule has 4 nitrogen and oxygen atoms in total. The molecule has 0 radical (unpaired) electrons. The van der Waals surface area contributed by atoms with Crippen LogP contribution in [0.4, 0.5) is 0 Å². The second-order valence-corrected chi connectivity index (χ2v) is 6.26. The number of benzene rings is 1. The van der Waals surface area contributed by atoms with Crippen LogP contribution in [0.5, 0.6) is 5.75 Å². The summed E-state index contributed by atoms with van der Waals surface area (Å²) in [6.07, 6.45) is 1.98. The molecule has 0 saturated heterocycles. The van der Waals surface area contributed by atoms with Gasteiger partial charge in [-0.05, 0) is 56.5 Å². The fraction of sp³-hybridized carbons (Fsp3) is 0.412. The molecule has 1 aromatic heterocycles. The highest BCUT2D eigenvalue weighted by molar-refractivity contribution is 9.10. The van der Waals surface area contributed by atoms with E-state index < -0.39 is 0 Å². The SMILES string of the molecule is CCCc1c(C)nn(C(=O)COc2ccc(Br)c(C)c2)c1C. The summed E-state index contributed by atoms with van der Waals surface area (Å²) in [5.74, 6) is 0.535. The summed E-state index contributed by atoms with van der Waals surface area (Å²) >= 11 is 3.44. The Hall–Kier alpha value is -1.62. The summed E-state index contributed by atoms with van der Waals surface area (Å²) in [7, 11) is 0. The molecule has 118 valence electrons. The van der Waals surface area contributed by atoms with Gasteiger partial charge in [0.1, 0.15) is 5.75 Å². The molecule has 1 heterocycles. The van der Waals surface area contributed by atoms with Crippen molar-refractivity contribution < 1.29 is 9.53 Å². The molecule has 1 aromatic carbocycles. The van der Waals surface area contributed by atoms with Crippen LogP contribution in [0, 0.1) is 20.8 Å². The van der Waals surface area contributed by atoms with Gasteiger partial charge in [-0.25, -0.2) is 4.68 Å². The van der Waals surface area contributed by atoms with Crippen LogP contribution in [0.15, 0.2) is 22.7 Å². The number of hydrogen-bond acceptors (Lipinski definition) is 3. The minimum Gasteiger partial charge on any atom is -0.484 e. The van der Waals surface area contributed by atoms with Crippen LogP contribution in [0.1, 0.15) is 40.7 Å². The molecule has 2 rings (SSSR count). The van der Waals surface area contributed by atoms with Gasteiger partial charge in [-0.1, -0.05) is 29.3 Å². The third kappa shape index (κ3) is 3.58. The van der Waals surface area contributed by atoms with Crippen molar-refractivity contribution in [2.24, 2.45) is 0 Å². The Morgan fingerprint density at radius 1 is 1.32 bits per heavy atom. The summed E-state index contributed by atoms with van der Waals surface area (Å²) in [5.41, 5.74) is 4.07. The molecule has 0 aliphatic rings. The largest absolute Gasteiger partial charge is 0.484 e. The predicted octanol–water partition coefficient (Wildman–Crippen LogP) is 4.24. The lowest BCUT2D eigenvalue weighted by atomic mass is 10.1. The fourth-order valence-corrected chi connectivity index (χ4v) is 2.69. The molecule has 0 bridgehead atoms. The maximum atomic E-state index is 12.3. The van der Waals surface area contributed by atoms with E-state index in [-0.39, 0.29) is 12.5 Å². The molecule has 2 aromatic rings. The third-order valence-electron chi connectivity index (χ3n) is 3.67. The van der Waals surface area contributed by atoms with E-state index in [1.54, 1.807) is 0 Å². The molecule has 0 aliphatic carbocycles. The Bertz CT molecular complexity index is 692. The smallest absolute Gasteiger partial charge is 0.284 e. The second kappa shape index (κ2) is 7.09. The van der Waals surface area contributed by atoms with Gasteiger partial charge in [0.05, 0.1) is 5.69 Å². The summed E-state index contributed by atoms with van der Waals surface area (Å²) in [6, 6.07) is 5.66. The number of aryl methyl sites for hydroxylation is 2. The Balaban J connectivity index is 2.09.